The van der Waals surface area contributed by atoms with Crippen molar-refractivity contribution in [1.29, 1.82) is 0 Å². The zero-order chi connectivity index (χ0) is 27.7. The highest BCUT2D eigenvalue weighted by molar-refractivity contribution is 6.30. The topological polar surface area (TPSA) is 116 Å². The van der Waals surface area contributed by atoms with E-state index in [4.69, 9.17) is 21.1 Å². The first kappa shape index (κ1) is 28.7. The number of anilines is 1. The van der Waals surface area contributed by atoms with E-state index in [-0.39, 0.29) is 43.6 Å². The van der Waals surface area contributed by atoms with E-state index in [9.17, 15) is 23.5 Å². The lowest BCUT2D eigenvalue weighted by atomic mass is 10.2. The van der Waals surface area contributed by atoms with E-state index in [1.807, 2.05) is 0 Å². The van der Waals surface area contributed by atoms with Crippen LogP contribution in [0.25, 0.3) is 0 Å². The first-order valence-electron chi connectivity index (χ1n) is 11.5. The summed E-state index contributed by atoms with van der Waals surface area (Å²) < 4.78 is 43.2. The van der Waals surface area contributed by atoms with Gasteiger partial charge < -0.3 is 24.6 Å². The van der Waals surface area contributed by atoms with Crippen molar-refractivity contribution in [2.45, 2.75) is 26.1 Å². The minimum Gasteiger partial charge on any atom is -0.490 e. The Bertz CT molecular complexity index is 1350. The van der Waals surface area contributed by atoms with Crippen LogP contribution in [-0.2, 0) is 24.9 Å². The van der Waals surface area contributed by atoms with E-state index in [1.165, 1.54) is 35.9 Å². The lowest BCUT2D eigenvalue weighted by molar-refractivity contribution is -0.158. The van der Waals surface area contributed by atoms with Crippen LogP contribution in [0.4, 0.5) is 20.3 Å². The third-order valence-corrected chi connectivity index (χ3v) is 5.32. The molecule has 38 heavy (non-hydrogen) atoms. The molecule has 0 bridgehead atoms. The lowest BCUT2D eigenvalue weighted by Crippen LogP contribution is -2.40. The van der Waals surface area contributed by atoms with Gasteiger partial charge in [0, 0.05) is 25.5 Å². The highest BCUT2D eigenvalue weighted by atomic mass is 35.5. The second kappa shape index (κ2) is 13.1. The standard InChI is InChI=1S/C25H27ClF2N4O6/c1-25(27,28)38-20-9-7-19(8-10-20)37-14-13-36-16-30-22-21(29-15-17-3-5-18(26)6-4-17)23(34)32(11-12-33)24(35)31(22)2/h3-10,16,29,33H,11-15H2,1-2H3. The molecule has 10 nitrogen and oxygen atoms in total. The van der Waals surface area contributed by atoms with E-state index in [2.05, 4.69) is 15.0 Å². The number of benzene rings is 2. The van der Waals surface area contributed by atoms with E-state index < -0.39 is 24.0 Å². The van der Waals surface area contributed by atoms with Gasteiger partial charge in [-0.05, 0) is 42.0 Å². The molecule has 2 N–H and O–H groups in total. The summed E-state index contributed by atoms with van der Waals surface area (Å²) in [4.78, 5) is 29.8. The van der Waals surface area contributed by atoms with Gasteiger partial charge in [0.2, 0.25) is 0 Å². The van der Waals surface area contributed by atoms with Crippen molar-refractivity contribution in [3.63, 3.8) is 0 Å². The summed E-state index contributed by atoms with van der Waals surface area (Å²) in [5.41, 5.74) is -0.404. The van der Waals surface area contributed by atoms with Gasteiger partial charge in [-0.1, -0.05) is 23.7 Å². The molecule has 0 saturated carbocycles. The number of ether oxygens (including phenoxy) is 3. The van der Waals surface area contributed by atoms with Crippen LogP contribution in [0.3, 0.4) is 0 Å². The molecule has 0 aliphatic rings. The van der Waals surface area contributed by atoms with Crippen molar-refractivity contribution in [2.75, 3.05) is 25.1 Å². The number of alkyl halides is 2. The quantitative estimate of drug-likeness (QED) is 0.189. The van der Waals surface area contributed by atoms with Gasteiger partial charge in [-0.15, -0.1) is 0 Å². The molecule has 2 aromatic carbocycles. The van der Waals surface area contributed by atoms with Crippen molar-refractivity contribution >= 4 is 29.5 Å². The van der Waals surface area contributed by atoms with Crippen LogP contribution >= 0.6 is 11.6 Å². The van der Waals surface area contributed by atoms with Crippen LogP contribution in [0, 0.1) is 0 Å². The molecule has 1 heterocycles. The van der Waals surface area contributed by atoms with Gasteiger partial charge in [-0.25, -0.2) is 9.79 Å². The van der Waals surface area contributed by atoms with E-state index in [0.717, 1.165) is 16.5 Å². The number of aliphatic imine (C=N–C) groups is 1. The molecule has 0 radical (unpaired) electrons. The van der Waals surface area contributed by atoms with E-state index >= 15 is 0 Å². The Morgan fingerprint density at radius 1 is 1.08 bits per heavy atom. The number of halogens is 3. The number of hydrogen-bond acceptors (Lipinski definition) is 8. The number of aromatic nitrogens is 2. The van der Waals surface area contributed by atoms with Crippen LogP contribution in [0.15, 0.2) is 63.1 Å². The van der Waals surface area contributed by atoms with Gasteiger partial charge in [0.25, 0.3) is 5.56 Å². The minimum atomic E-state index is -3.28. The molecule has 0 amide bonds. The molecule has 204 valence electrons. The fourth-order valence-electron chi connectivity index (χ4n) is 3.31. The zero-order valence-electron chi connectivity index (χ0n) is 20.7. The van der Waals surface area contributed by atoms with Gasteiger partial charge >= 0.3 is 11.8 Å². The second-order valence-corrected chi connectivity index (χ2v) is 8.47. The van der Waals surface area contributed by atoms with Crippen molar-refractivity contribution in [2.24, 2.45) is 12.0 Å². The van der Waals surface area contributed by atoms with Crippen LogP contribution in [0.5, 0.6) is 11.5 Å². The van der Waals surface area contributed by atoms with Crippen molar-refractivity contribution in [3.05, 3.63) is 80.0 Å². The molecule has 13 heteroatoms. The minimum absolute atomic E-state index is 0.000217. The summed E-state index contributed by atoms with van der Waals surface area (Å²) in [5, 5.41) is 12.9. The molecule has 0 aliphatic heterocycles. The van der Waals surface area contributed by atoms with Gasteiger partial charge in [0.05, 0.1) is 13.2 Å². The first-order chi connectivity index (χ1) is 18.1. The normalized spacial score (nSPS) is 11.5. The lowest BCUT2D eigenvalue weighted by Gasteiger charge is -2.15. The largest absolute Gasteiger partial charge is 0.490 e. The highest BCUT2D eigenvalue weighted by Gasteiger charge is 2.23. The molecule has 3 rings (SSSR count). The highest BCUT2D eigenvalue weighted by Crippen LogP contribution is 2.23. The average Bonchev–Trinajstić information content (AvgIpc) is 2.87. The molecule has 0 unspecified atom stereocenters. The maximum absolute atomic E-state index is 13.0. The molecule has 0 atom stereocenters. The van der Waals surface area contributed by atoms with Crippen LogP contribution < -0.4 is 26.0 Å². The van der Waals surface area contributed by atoms with Crippen LogP contribution in [0.1, 0.15) is 12.5 Å². The average molecular weight is 553 g/mol. The maximum Gasteiger partial charge on any atom is 0.394 e. The predicted molar refractivity (Wildman–Crippen MR) is 139 cm³/mol. The molecular formula is C25H27ClF2N4O6. The zero-order valence-corrected chi connectivity index (χ0v) is 21.5. The van der Waals surface area contributed by atoms with Gasteiger partial charge in [-0.2, -0.15) is 8.78 Å². The van der Waals surface area contributed by atoms with Gasteiger partial charge in [-0.3, -0.25) is 13.9 Å². The van der Waals surface area contributed by atoms with Crippen LogP contribution in [0.2, 0.25) is 5.02 Å². The summed E-state index contributed by atoms with van der Waals surface area (Å²) in [6.07, 6.45) is -2.20. The second-order valence-electron chi connectivity index (χ2n) is 8.04. The van der Waals surface area contributed by atoms with E-state index in [1.54, 1.807) is 24.3 Å². The van der Waals surface area contributed by atoms with Gasteiger partial charge in [0.15, 0.2) is 12.2 Å². The Kier molecular flexibility index (Phi) is 9.85. The Labute approximate surface area is 221 Å². The molecule has 0 aliphatic carbocycles. The fourth-order valence-corrected chi connectivity index (χ4v) is 3.44. The molecule has 3 aromatic rings. The summed E-state index contributed by atoms with van der Waals surface area (Å²) >= 11 is 5.92. The molecule has 1 aromatic heterocycles. The molecule has 0 saturated heterocycles. The number of nitrogens with one attached hydrogen (secondary N) is 1. The fraction of sp³-hybridized carbons (Fsp3) is 0.320. The number of aliphatic hydroxyl groups is 1. The number of aliphatic hydroxyl groups excluding tert-OH is 1. The Balaban J connectivity index is 1.66. The predicted octanol–water partition coefficient (Wildman–Crippen LogP) is 3.55. The van der Waals surface area contributed by atoms with Crippen molar-refractivity contribution in [3.8, 4) is 11.5 Å². The van der Waals surface area contributed by atoms with Crippen molar-refractivity contribution in [1.82, 2.24) is 9.13 Å². The van der Waals surface area contributed by atoms with E-state index in [0.29, 0.717) is 17.7 Å². The first-order valence-corrected chi connectivity index (χ1v) is 11.8. The monoisotopic (exact) mass is 552 g/mol. The molecule has 0 fully saturated rings. The molecule has 0 spiro atoms. The third-order valence-electron chi connectivity index (χ3n) is 5.06. The van der Waals surface area contributed by atoms with Gasteiger partial charge in [0.1, 0.15) is 30.4 Å². The SMILES string of the molecule is Cn1c(N=COCCOc2ccc(OC(C)(F)F)cc2)c(NCc2ccc(Cl)cc2)c(=O)n(CCO)c1=O. The number of rotatable bonds is 13. The number of nitrogens with zero attached hydrogens (tertiary/aromatic N) is 3. The summed E-state index contributed by atoms with van der Waals surface area (Å²) in [5.74, 6) is 0.452. The summed E-state index contributed by atoms with van der Waals surface area (Å²) in [6, 6.07) is 12.7. The summed E-state index contributed by atoms with van der Waals surface area (Å²) in [6.45, 7) is 0.506. The Hall–Kier alpha value is -3.90. The van der Waals surface area contributed by atoms with Crippen molar-refractivity contribution < 1.29 is 28.1 Å². The number of hydrogen-bond donors (Lipinski definition) is 2. The smallest absolute Gasteiger partial charge is 0.394 e. The Morgan fingerprint density at radius 3 is 2.37 bits per heavy atom. The molecular weight excluding hydrogens is 526 g/mol. The maximum atomic E-state index is 13.0. The summed E-state index contributed by atoms with van der Waals surface area (Å²) in [7, 11) is 1.45. The third kappa shape index (κ3) is 8.05. The Morgan fingerprint density at radius 2 is 1.74 bits per heavy atom. The van der Waals surface area contributed by atoms with Crippen LogP contribution in [-0.4, -0.2) is 46.6 Å².